The van der Waals surface area contributed by atoms with Crippen LogP contribution in [0.4, 0.5) is 0 Å². The zero-order valence-electron chi connectivity index (χ0n) is 13.2. The fourth-order valence-corrected chi connectivity index (χ4v) is 4.27. The number of aromatic nitrogens is 1. The van der Waals surface area contributed by atoms with E-state index < -0.39 is 0 Å². The van der Waals surface area contributed by atoms with Gasteiger partial charge in [-0.2, -0.15) is 0 Å². The number of fused-ring (bicyclic) bond motifs is 1. The molecule has 2 unspecified atom stereocenters. The fourth-order valence-electron chi connectivity index (χ4n) is 3.63. The summed E-state index contributed by atoms with van der Waals surface area (Å²) in [5.41, 5.74) is 10.2. The molecule has 0 amide bonds. The number of rotatable bonds is 2. The number of ether oxygens (including phenoxy) is 1. The van der Waals surface area contributed by atoms with Crippen LogP contribution < -0.4 is 5.73 Å². The molecular weight excluding hydrogens is 310 g/mol. The maximum absolute atomic E-state index is 5.93. The van der Waals surface area contributed by atoms with E-state index >= 15 is 0 Å². The molecule has 4 heterocycles. The molecule has 3 atom stereocenters. The maximum Gasteiger partial charge on any atom is 0.217 e. The van der Waals surface area contributed by atoms with E-state index in [0.717, 1.165) is 38.2 Å². The number of hydrogen-bond acceptors (Lipinski definition) is 7. The first-order valence-corrected chi connectivity index (χ1v) is 8.93. The van der Waals surface area contributed by atoms with Crippen LogP contribution in [0, 0.1) is 5.92 Å². The quantitative estimate of drug-likeness (QED) is 0.900. The molecule has 0 bridgehead atoms. The summed E-state index contributed by atoms with van der Waals surface area (Å²) in [6, 6.07) is 0.349. The van der Waals surface area contributed by atoms with Crippen LogP contribution in [-0.2, 0) is 4.74 Å². The lowest BCUT2D eigenvalue weighted by Gasteiger charge is -2.45. The fraction of sp³-hybridized carbons (Fsp3) is 0.562. The minimum atomic E-state index is 0.0378. The minimum Gasteiger partial charge on any atom is -0.379 e. The first-order valence-electron chi connectivity index (χ1n) is 8.05. The third kappa shape index (κ3) is 2.79. The molecule has 3 aliphatic rings. The number of nitrogens with zero attached hydrogens (tertiary/aromatic N) is 4. The predicted molar refractivity (Wildman–Crippen MR) is 92.4 cm³/mol. The van der Waals surface area contributed by atoms with Crippen LogP contribution in [0.25, 0.3) is 5.57 Å². The van der Waals surface area contributed by atoms with E-state index in [1.165, 1.54) is 10.5 Å². The summed E-state index contributed by atoms with van der Waals surface area (Å²) in [4.78, 5) is 16.9. The summed E-state index contributed by atoms with van der Waals surface area (Å²) in [5.74, 6) is 0.659. The molecule has 4 rings (SSSR count). The van der Waals surface area contributed by atoms with Gasteiger partial charge in [0.05, 0.1) is 23.0 Å². The normalized spacial score (nSPS) is 31.1. The van der Waals surface area contributed by atoms with E-state index in [-0.39, 0.29) is 12.1 Å². The van der Waals surface area contributed by atoms with Gasteiger partial charge in [0.15, 0.2) is 0 Å². The Bertz CT molecular complexity index is 660. The van der Waals surface area contributed by atoms with E-state index in [9.17, 15) is 0 Å². The van der Waals surface area contributed by atoms with Crippen molar-refractivity contribution in [2.24, 2.45) is 21.6 Å². The molecule has 1 aromatic rings. The smallest absolute Gasteiger partial charge is 0.217 e. The van der Waals surface area contributed by atoms with Crippen LogP contribution in [0.5, 0.6) is 0 Å². The highest BCUT2D eigenvalue weighted by Crippen LogP contribution is 2.38. The summed E-state index contributed by atoms with van der Waals surface area (Å²) < 4.78 is 5.70. The average Bonchev–Trinajstić information content (AvgIpc) is 3.09. The number of aliphatic imine (C=N–C) groups is 2. The van der Waals surface area contributed by atoms with Crippen molar-refractivity contribution >= 4 is 28.6 Å². The Labute approximate surface area is 139 Å². The van der Waals surface area contributed by atoms with E-state index in [2.05, 4.69) is 33.0 Å². The average molecular weight is 331 g/mol. The summed E-state index contributed by atoms with van der Waals surface area (Å²) in [7, 11) is 0. The molecule has 6 nitrogen and oxygen atoms in total. The van der Waals surface area contributed by atoms with Crippen LogP contribution in [0.2, 0.25) is 0 Å². The highest BCUT2D eigenvalue weighted by molar-refractivity contribution is 7.10. The van der Waals surface area contributed by atoms with Gasteiger partial charge in [-0.15, -0.1) is 11.3 Å². The van der Waals surface area contributed by atoms with Crippen LogP contribution in [0.3, 0.4) is 0 Å². The number of thiazole rings is 1. The first-order chi connectivity index (χ1) is 11.2. The standard InChI is InChI=1S/C16H21N5OS/c1-10-13-5-11(14-6-18-9-23-14)7-21(12-3-2-4-22-8-12)15(13)20-16(17)19-10/h6-7,9,12-13,15H,2-5,8H2,1H3,(H2,17,20)/t12-,13?,15?/m0/s1. The SMILES string of the molecule is CC1=NC(N)=NC2C1CC(c1cncs1)=CN2[C@H]1CCCOC1. The zero-order chi connectivity index (χ0) is 15.8. The van der Waals surface area contributed by atoms with Crippen molar-refractivity contribution in [3.8, 4) is 0 Å². The molecular formula is C16H21N5OS. The highest BCUT2D eigenvalue weighted by Gasteiger charge is 2.39. The van der Waals surface area contributed by atoms with Gasteiger partial charge >= 0.3 is 0 Å². The molecule has 0 saturated carbocycles. The van der Waals surface area contributed by atoms with Crippen LogP contribution in [0.15, 0.2) is 27.9 Å². The third-order valence-electron chi connectivity index (χ3n) is 4.81. The summed E-state index contributed by atoms with van der Waals surface area (Å²) in [6.45, 7) is 3.67. The lowest BCUT2D eigenvalue weighted by Crippen LogP contribution is -2.51. The van der Waals surface area contributed by atoms with Gasteiger partial charge in [0.1, 0.15) is 6.17 Å². The van der Waals surface area contributed by atoms with Crippen molar-refractivity contribution in [1.29, 1.82) is 0 Å². The Balaban J connectivity index is 1.72. The Morgan fingerprint density at radius 3 is 3.09 bits per heavy atom. The van der Waals surface area contributed by atoms with Crippen molar-refractivity contribution in [2.45, 2.75) is 38.4 Å². The lowest BCUT2D eigenvalue weighted by atomic mass is 9.86. The van der Waals surface area contributed by atoms with Crippen LogP contribution >= 0.6 is 11.3 Å². The Kier molecular flexibility index (Phi) is 3.90. The zero-order valence-corrected chi connectivity index (χ0v) is 14.0. The molecule has 0 aromatic carbocycles. The van der Waals surface area contributed by atoms with E-state index in [0.29, 0.717) is 12.0 Å². The second-order valence-electron chi connectivity index (χ2n) is 6.30. The maximum atomic E-state index is 5.93. The Hall–Kier alpha value is -1.73. The largest absolute Gasteiger partial charge is 0.379 e. The minimum absolute atomic E-state index is 0.0378. The van der Waals surface area contributed by atoms with E-state index in [4.69, 9.17) is 10.5 Å². The van der Waals surface area contributed by atoms with Gasteiger partial charge in [-0.3, -0.25) is 4.98 Å². The number of nitrogens with two attached hydrogens (primary N) is 1. The second-order valence-corrected chi connectivity index (χ2v) is 7.19. The summed E-state index contributed by atoms with van der Waals surface area (Å²) >= 11 is 1.68. The Morgan fingerprint density at radius 2 is 2.35 bits per heavy atom. The van der Waals surface area contributed by atoms with Crippen molar-refractivity contribution in [3.05, 3.63) is 22.8 Å². The van der Waals surface area contributed by atoms with Crippen LogP contribution in [-0.4, -0.2) is 47.0 Å². The summed E-state index contributed by atoms with van der Waals surface area (Å²) in [6.07, 6.45) is 7.39. The molecule has 1 aromatic heterocycles. The van der Waals surface area contributed by atoms with Gasteiger partial charge in [0.2, 0.25) is 5.96 Å². The topological polar surface area (TPSA) is 76.1 Å². The van der Waals surface area contributed by atoms with Gasteiger partial charge in [0, 0.05) is 30.6 Å². The van der Waals surface area contributed by atoms with Gasteiger partial charge in [-0.1, -0.05) is 0 Å². The lowest BCUT2D eigenvalue weighted by molar-refractivity contribution is 0.0154. The van der Waals surface area contributed by atoms with Crippen molar-refractivity contribution in [1.82, 2.24) is 9.88 Å². The molecule has 0 radical (unpaired) electrons. The molecule has 122 valence electrons. The molecule has 7 heteroatoms. The molecule has 3 aliphatic heterocycles. The molecule has 2 N–H and O–H groups in total. The van der Waals surface area contributed by atoms with Gasteiger partial charge in [-0.05, 0) is 31.8 Å². The highest BCUT2D eigenvalue weighted by atomic mass is 32.1. The third-order valence-corrected chi connectivity index (χ3v) is 5.66. The van der Waals surface area contributed by atoms with Crippen molar-refractivity contribution in [2.75, 3.05) is 13.2 Å². The van der Waals surface area contributed by atoms with E-state index in [1.807, 2.05) is 11.7 Å². The molecule has 23 heavy (non-hydrogen) atoms. The monoisotopic (exact) mass is 331 g/mol. The van der Waals surface area contributed by atoms with Crippen molar-refractivity contribution in [3.63, 3.8) is 0 Å². The van der Waals surface area contributed by atoms with Gasteiger partial charge in [-0.25, -0.2) is 9.98 Å². The van der Waals surface area contributed by atoms with Crippen LogP contribution in [0.1, 0.15) is 31.1 Å². The Morgan fingerprint density at radius 1 is 1.43 bits per heavy atom. The molecule has 0 spiro atoms. The first kappa shape index (κ1) is 14.8. The van der Waals surface area contributed by atoms with Crippen molar-refractivity contribution < 1.29 is 4.74 Å². The molecule has 0 aliphatic carbocycles. The summed E-state index contributed by atoms with van der Waals surface area (Å²) in [5, 5.41) is 0. The second kappa shape index (κ2) is 6.05. The van der Waals surface area contributed by atoms with E-state index in [1.54, 1.807) is 11.3 Å². The number of guanidine groups is 1. The predicted octanol–water partition coefficient (Wildman–Crippen LogP) is 2.10. The molecule has 1 saturated heterocycles. The number of allylic oxidation sites excluding steroid dienone is 1. The molecule has 1 fully saturated rings. The van der Waals surface area contributed by atoms with Gasteiger partial charge < -0.3 is 15.4 Å². The van der Waals surface area contributed by atoms with Gasteiger partial charge in [0.25, 0.3) is 0 Å². The number of hydrogen-bond donors (Lipinski definition) is 1.